The maximum atomic E-state index is 13.1. The predicted molar refractivity (Wildman–Crippen MR) is 152 cm³/mol. The topological polar surface area (TPSA) is 73.2 Å². The van der Waals surface area contributed by atoms with Crippen LogP contribution >= 0.6 is 0 Å². The minimum absolute atomic E-state index is 0.129. The van der Waals surface area contributed by atoms with Crippen molar-refractivity contribution in [2.75, 3.05) is 12.4 Å². The second-order valence-electron chi connectivity index (χ2n) is 9.87. The van der Waals surface area contributed by atoms with E-state index in [0.29, 0.717) is 5.69 Å². The number of aromatic nitrogens is 2. The first-order chi connectivity index (χ1) is 18.3. The van der Waals surface area contributed by atoms with Crippen LogP contribution in [0.5, 0.6) is 5.88 Å². The molecule has 0 bridgehead atoms. The molecule has 0 saturated carbocycles. The predicted octanol–water partition coefficient (Wildman–Crippen LogP) is 6.04. The minimum atomic E-state index is -0.409. The lowest BCUT2D eigenvalue weighted by atomic mass is 9.91. The summed E-state index contributed by atoms with van der Waals surface area (Å²) in [6, 6.07) is 17.7. The monoisotopic (exact) mass is 507 g/mol. The minimum Gasteiger partial charge on any atom is -0.481 e. The Morgan fingerprint density at radius 2 is 1.71 bits per heavy atom. The standard InChI is InChI=1S/C32H33N3O3/c1-6-22-16-17-27(32(37)35(22)4)30(36)33-28-15-9-12-24(20(28)3)23-11-8-13-25(19(23)2)29-18-21-10-7-14-26(21)31(34-29)38-5/h8-9,11-13,15-18H,6-7,10,14H2,1-5H3,(H,33,36). The van der Waals surface area contributed by atoms with Crippen LogP contribution in [0.4, 0.5) is 5.69 Å². The lowest BCUT2D eigenvalue weighted by molar-refractivity contribution is 0.102. The fourth-order valence-electron chi connectivity index (χ4n) is 5.51. The van der Waals surface area contributed by atoms with Crippen LogP contribution < -0.4 is 15.6 Å². The third kappa shape index (κ3) is 4.40. The number of anilines is 1. The number of nitrogens with one attached hydrogen (secondary N) is 1. The van der Waals surface area contributed by atoms with Gasteiger partial charge in [-0.05, 0) is 91.6 Å². The van der Waals surface area contributed by atoms with Crippen molar-refractivity contribution in [3.63, 3.8) is 0 Å². The molecule has 1 aliphatic carbocycles. The summed E-state index contributed by atoms with van der Waals surface area (Å²) in [7, 11) is 3.39. The highest BCUT2D eigenvalue weighted by Gasteiger charge is 2.21. The zero-order chi connectivity index (χ0) is 27.0. The van der Waals surface area contributed by atoms with Gasteiger partial charge >= 0.3 is 0 Å². The molecular formula is C32H33N3O3. The first-order valence-corrected chi connectivity index (χ1v) is 13.1. The second-order valence-corrected chi connectivity index (χ2v) is 9.87. The Morgan fingerprint density at radius 3 is 2.45 bits per heavy atom. The van der Waals surface area contributed by atoms with Crippen molar-refractivity contribution in [3.05, 3.63) is 98.5 Å². The molecule has 2 heterocycles. The molecule has 0 saturated heterocycles. The fourth-order valence-corrected chi connectivity index (χ4v) is 5.51. The fraction of sp³-hybridized carbons (Fsp3) is 0.281. The highest BCUT2D eigenvalue weighted by atomic mass is 16.5. The number of pyridine rings is 2. The molecule has 2 aromatic carbocycles. The second kappa shape index (κ2) is 10.3. The lowest BCUT2D eigenvalue weighted by Gasteiger charge is -2.17. The van der Waals surface area contributed by atoms with Crippen molar-refractivity contribution in [1.82, 2.24) is 9.55 Å². The van der Waals surface area contributed by atoms with Crippen molar-refractivity contribution in [2.24, 2.45) is 7.05 Å². The van der Waals surface area contributed by atoms with Gasteiger partial charge in [0.1, 0.15) is 5.56 Å². The third-order valence-corrected chi connectivity index (χ3v) is 7.74. The molecule has 0 aliphatic heterocycles. The number of fused-ring (bicyclic) bond motifs is 1. The van der Waals surface area contributed by atoms with E-state index in [9.17, 15) is 9.59 Å². The van der Waals surface area contributed by atoms with Crippen molar-refractivity contribution in [1.29, 1.82) is 0 Å². The molecule has 1 aliphatic rings. The number of hydrogen-bond donors (Lipinski definition) is 1. The molecule has 0 fully saturated rings. The van der Waals surface area contributed by atoms with E-state index in [-0.39, 0.29) is 11.1 Å². The molecule has 4 aromatic rings. The van der Waals surface area contributed by atoms with E-state index in [0.717, 1.165) is 70.8 Å². The smallest absolute Gasteiger partial charge is 0.263 e. The van der Waals surface area contributed by atoms with E-state index >= 15 is 0 Å². The lowest BCUT2D eigenvalue weighted by Crippen LogP contribution is -2.29. The van der Waals surface area contributed by atoms with E-state index in [1.54, 1.807) is 20.2 Å². The Hall–Kier alpha value is -4.19. The van der Waals surface area contributed by atoms with Crippen LogP contribution in [0.15, 0.2) is 59.4 Å². The van der Waals surface area contributed by atoms with E-state index in [1.165, 1.54) is 15.7 Å². The molecule has 0 unspecified atom stereocenters. The van der Waals surface area contributed by atoms with Gasteiger partial charge < -0.3 is 14.6 Å². The normalized spacial score (nSPS) is 12.3. The summed E-state index contributed by atoms with van der Waals surface area (Å²) < 4.78 is 7.17. The number of carbonyl (C=O) groups excluding carboxylic acids is 1. The first kappa shape index (κ1) is 25.5. The molecular weight excluding hydrogens is 474 g/mol. The molecule has 0 spiro atoms. The number of carbonyl (C=O) groups is 1. The molecule has 38 heavy (non-hydrogen) atoms. The van der Waals surface area contributed by atoms with Gasteiger partial charge in [0.05, 0.1) is 12.8 Å². The van der Waals surface area contributed by atoms with Gasteiger partial charge in [-0.15, -0.1) is 0 Å². The number of benzene rings is 2. The van der Waals surface area contributed by atoms with Gasteiger partial charge in [-0.3, -0.25) is 9.59 Å². The van der Waals surface area contributed by atoms with Crippen molar-refractivity contribution in [2.45, 2.75) is 46.5 Å². The van der Waals surface area contributed by atoms with Gasteiger partial charge in [0.2, 0.25) is 5.88 Å². The Morgan fingerprint density at radius 1 is 1.00 bits per heavy atom. The number of aryl methyl sites for hydroxylation is 2. The van der Waals surface area contributed by atoms with Gasteiger partial charge in [0.15, 0.2) is 0 Å². The average molecular weight is 508 g/mol. The molecule has 194 valence electrons. The highest BCUT2D eigenvalue weighted by Crippen LogP contribution is 2.38. The van der Waals surface area contributed by atoms with Crippen molar-refractivity contribution >= 4 is 11.6 Å². The maximum Gasteiger partial charge on any atom is 0.263 e. The Bertz CT molecular complexity index is 1620. The molecule has 5 rings (SSSR count). The number of ether oxygens (including phenoxy) is 1. The summed E-state index contributed by atoms with van der Waals surface area (Å²) in [5.41, 5.74) is 10.0. The molecule has 2 aromatic heterocycles. The van der Waals surface area contributed by atoms with E-state index in [4.69, 9.17) is 9.72 Å². The molecule has 6 nitrogen and oxygen atoms in total. The van der Waals surface area contributed by atoms with E-state index in [2.05, 4.69) is 36.5 Å². The number of methoxy groups -OCH3 is 1. The summed E-state index contributed by atoms with van der Waals surface area (Å²) in [5, 5.41) is 2.97. The zero-order valence-corrected chi connectivity index (χ0v) is 22.6. The quantitative estimate of drug-likeness (QED) is 0.345. The van der Waals surface area contributed by atoms with Gasteiger partial charge in [-0.2, -0.15) is 0 Å². The van der Waals surface area contributed by atoms with E-state index in [1.807, 2.05) is 38.1 Å². The summed E-state index contributed by atoms with van der Waals surface area (Å²) in [4.78, 5) is 30.7. The molecule has 0 atom stereocenters. The summed E-state index contributed by atoms with van der Waals surface area (Å²) in [6.45, 7) is 6.08. The number of rotatable bonds is 6. The number of amides is 1. The number of nitrogens with zero attached hydrogens (tertiary/aromatic N) is 2. The van der Waals surface area contributed by atoms with Crippen LogP contribution in [-0.2, 0) is 26.3 Å². The Balaban J connectivity index is 1.51. The molecule has 1 amide bonds. The summed E-state index contributed by atoms with van der Waals surface area (Å²) >= 11 is 0. The molecule has 0 radical (unpaired) electrons. The SMILES string of the molecule is CCc1ccc(C(=O)Nc2cccc(-c3cccc(-c4cc5c(c(OC)n4)CCC5)c3C)c2C)c(=O)n1C. The highest BCUT2D eigenvalue weighted by molar-refractivity contribution is 6.05. The largest absolute Gasteiger partial charge is 0.481 e. The van der Waals surface area contributed by atoms with Crippen LogP contribution in [0.2, 0.25) is 0 Å². The van der Waals surface area contributed by atoms with Gasteiger partial charge in [0.25, 0.3) is 11.5 Å². The van der Waals surface area contributed by atoms with Crippen LogP contribution in [0.25, 0.3) is 22.4 Å². The summed E-state index contributed by atoms with van der Waals surface area (Å²) in [6.07, 6.45) is 3.91. The molecule has 6 heteroatoms. The number of hydrogen-bond acceptors (Lipinski definition) is 4. The van der Waals surface area contributed by atoms with Crippen molar-refractivity contribution in [3.8, 4) is 28.3 Å². The Kier molecular flexibility index (Phi) is 6.89. The van der Waals surface area contributed by atoms with Crippen LogP contribution in [-0.4, -0.2) is 22.6 Å². The van der Waals surface area contributed by atoms with E-state index < -0.39 is 5.91 Å². The Labute approximate surface area is 223 Å². The van der Waals surface area contributed by atoms with Gasteiger partial charge in [-0.25, -0.2) is 4.98 Å². The van der Waals surface area contributed by atoms with Crippen LogP contribution in [0, 0.1) is 13.8 Å². The summed E-state index contributed by atoms with van der Waals surface area (Å²) in [5.74, 6) is 0.312. The van der Waals surface area contributed by atoms with Gasteiger partial charge in [0, 0.05) is 29.6 Å². The maximum absolute atomic E-state index is 13.1. The first-order valence-electron chi connectivity index (χ1n) is 13.1. The van der Waals surface area contributed by atoms with Crippen molar-refractivity contribution < 1.29 is 9.53 Å². The molecule has 1 N–H and O–H groups in total. The zero-order valence-electron chi connectivity index (χ0n) is 22.6. The average Bonchev–Trinajstić information content (AvgIpc) is 3.40. The van der Waals surface area contributed by atoms with Crippen LogP contribution in [0.3, 0.4) is 0 Å². The third-order valence-electron chi connectivity index (χ3n) is 7.74. The van der Waals surface area contributed by atoms with Gasteiger partial charge in [-0.1, -0.05) is 37.3 Å². The van der Waals surface area contributed by atoms with Crippen LogP contribution in [0.1, 0.15) is 51.7 Å².